The third-order valence-electron chi connectivity index (χ3n) is 2.35. The van der Waals surface area contributed by atoms with Gasteiger partial charge < -0.3 is 4.42 Å². The Morgan fingerprint density at radius 2 is 1.59 bits per heavy atom. The van der Waals surface area contributed by atoms with E-state index in [1.54, 1.807) is 6.92 Å². The topological polar surface area (TPSA) is 38.9 Å². The predicted molar refractivity (Wildman–Crippen MR) is 69.9 cm³/mol. The van der Waals surface area contributed by atoms with Gasteiger partial charge in [0.25, 0.3) is 0 Å². The summed E-state index contributed by atoms with van der Waals surface area (Å²) in [4.78, 5) is 0. The summed E-state index contributed by atoms with van der Waals surface area (Å²) in [6.07, 6.45) is 0. The molecule has 3 heteroatoms. The average Bonchev–Trinajstić information content (AvgIpc) is 2.79. The molecule has 0 aliphatic carbocycles. The van der Waals surface area contributed by atoms with Crippen LogP contribution < -0.4 is 0 Å². The van der Waals surface area contributed by atoms with E-state index >= 15 is 0 Å². The van der Waals surface area contributed by atoms with Gasteiger partial charge in [-0.15, -0.1) is 10.2 Å². The second kappa shape index (κ2) is 6.18. The smallest absolute Gasteiger partial charge is 0.247 e. The van der Waals surface area contributed by atoms with Crippen LogP contribution >= 0.6 is 0 Å². The van der Waals surface area contributed by atoms with E-state index in [1.165, 1.54) is 5.56 Å². The molecule has 0 fully saturated rings. The van der Waals surface area contributed by atoms with Gasteiger partial charge in [-0.2, -0.15) is 0 Å². The lowest BCUT2D eigenvalue weighted by molar-refractivity contribution is 0.533. The highest BCUT2D eigenvalue weighted by molar-refractivity contribution is 5.53. The van der Waals surface area contributed by atoms with Crippen molar-refractivity contribution >= 4 is 0 Å². The van der Waals surface area contributed by atoms with E-state index in [0.717, 1.165) is 5.56 Å². The third kappa shape index (κ3) is 3.41. The molecule has 0 bridgehead atoms. The van der Waals surface area contributed by atoms with Gasteiger partial charge in [0.2, 0.25) is 11.8 Å². The van der Waals surface area contributed by atoms with Gasteiger partial charge in [0.1, 0.15) is 0 Å². The highest BCUT2D eigenvalue weighted by Crippen LogP contribution is 2.21. The molecule has 92 valence electrons. The fourth-order valence-electron chi connectivity index (χ4n) is 1.42. The van der Waals surface area contributed by atoms with Crippen LogP contribution in [-0.4, -0.2) is 10.2 Å². The van der Waals surface area contributed by atoms with Crippen molar-refractivity contribution in [3.8, 4) is 11.5 Å². The number of hydrogen-bond donors (Lipinski definition) is 0. The number of hydrogen-bond acceptors (Lipinski definition) is 3. The molecule has 0 unspecified atom stereocenters. The highest BCUT2D eigenvalue weighted by Gasteiger charge is 2.06. The van der Waals surface area contributed by atoms with E-state index in [9.17, 15) is 0 Å². The summed E-state index contributed by atoms with van der Waals surface area (Å²) in [5.74, 6) is 1.73. The van der Waals surface area contributed by atoms with Gasteiger partial charge in [-0.1, -0.05) is 39.8 Å². The van der Waals surface area contributed by atoms with E-state index in [4.69, 9.17) is 4.42 Å². The van der Waals surface area contributed by atoms with Crippen LogP contribution in [-0.2, 0) is 0 Å². The largest absolute Gasteiger partial charge is 0.421 e. The maximum Gasteiger partial charge on any atom is 0.247 e. The molecule has 0 radical (unpaired) electrons. The zero-order valence-corrected chi connectivity index (χ0v) is 11.2. The Morgan fingerprint density at radius 3 is 2.00 bits per heavy atom. The molecule has 0 spiro atoms. The van der Waals surface area contributed by atoms with E-state index in [2.05, 4.69) is 36.2 Å². The van der Waals surface area contributed by atoms with Gasteiger partial charge in [-0.3, -0.25) is 0 Å². The minimum atomic E-state index is 0.545. The summed E-state index contributed by atoms with van der Waals surface area (Å²) < 4.78 is 5.35. The second-order valence-electron chi connectivity index (χ2n) is 3.90. The Bertz CT molecular complexity index is 444. The minimum absolute atomic E-state index is 0.545. The van der Waals surface area contributed by atoms with Crippen molar-refractivity contribution in [2.24, 2.45) is 0 Å². The van der Waals surface area contributed by atoms with E-state index < -0.39 is 0 Å². The first kappa shape index (κ1) is 13.4. The van der Waals surface area contributed by atoms with Crippen LogP contribution in [0.2, 0.25) is 0 Å². The average molecular weight is 232 g/mol. The molecule has 1 heterocycles. The first-order valence-electron chi connectivity index (χ1n) is 6.07. The van der Waals surface area contributed by atoms with Gasteiger partial charge in [-0.05, 0) is 23.6 Å². The summed E-state index contributed by atoms with van der Waals surface area (Å²) in [7, 11) is 0. The van der Waals surface area contributed by atoms with Gasteiger partial charge >= 0.3 is 0 Å². The molecule has 0 saturated carbocycles. The minimum Gasteiger partial charge on any atom is -0.421 e. The SMILES string of the molecule is CC.Cc1nnc(-c2ccc(C(C)C)cc2)o1. The summed E-state index contributed by atoms with van der Waals surface area (Å²) in [6, 6.07) is 8.23. The first-order chi connectivity index (χ1) is 8.16. The Morgan fingerprint density at radius 1 is 1.00 bits per heavy atom. The van der Waals surface area contributed by atoms with Gasteiger partial charge in [-0.25, -0.2) is 0 Å². The van der Waals surface area contributed by atoms with Crippen LogP contribution in [0, 0.1) is 6.92 Å². The van der Waals surface area contributed by atoms with Crippen LogP contribution in [0.1, 0.15) is 45.1 Å². The summed E-state index contributed by atoms with van der Waals surface area (Å²) in [6.45, 7) is 10.1. The van der Waals surface area contributed by atoms with Crippen molar-refractivity contribution in [2.75, 3.05) is 0 Å². The highest BCUT2D eigenvalue weighted by atomic mass is 16.4. The molecule has 0 N–H and O–H groups in total. The van der Waals surface area contributed by atoms with Gasteiger partial charge in [0, 0.05) is 12.5 Å². The van der Waals surface area contributed by atoms with Crippen LogP contribution in [0.25, 0.3) is 11.5 Å². The Balaban J connectivity index is 0.000000686. The maximum atomic E-state index is 5.35. The van der Waals surface area contributed by atoms with Crippen molar-refractivity contribution < 1.29 is 4.42 Å². The van der Waals surface area contributed by atoms with Gasteiger partial charge in [0.05, 0.1) is 0 Å². The predicted octanol–water partition coefficient (Wildman–Crippen LogP) is 4.19. The molecule has 0 amide bonds. The quantitative estimate of drug-likeness (QED) is 0.779. The number of nitrogens with zero attached hydrogens (tertiary/aromatic N) is 2. The molecule has 1 aromatic heterocycles. The maximum absolute atomic E-state index is 5.35. The fourth-order valence-corrected chi connectivity index (χ4v) is 1.42. The normalized spacial score (nSPS) is 10.0. The number of rotatable bonds is 2. The molecule has 2 aromatic rings. The Kier molecular flexibility index (Phi) is 4.88. The molecule has 0 saturated heterocycles. The third-order valence-corrected chi connectivity index (χ3v) is 2.35. The lowest BCUT2D eigenvalue weighted by atomic mass is 10.0. The molecular weight excluding hydrogens is 212 g/mol. The molecule has 0 atom stereocenters. The van der Waals surface area contributed by atoms with Gasteiger partial charge in [0.15, 0.2) is 0 Å². The van der Waals surface area contributed by atoms with Crippen molar-refractivity contribution in [1.82, 2.24) is 10.2 Å². The van der Waals surface area contributed by atoms with Crippen molar-refractivity contribution in [2.45, 2.75) is 40.5 Å². The zero-order chi connectivity index (χ0) is 12.8. The van der Waals surface area contributed by atoms with Crippen molar-refractivity contribution in [1.29, 1.82) is 0 Å². The molecule has 17 heavy (non-hydrogen) atoms. The van der Waals surface area contributed by atoms with E-state index in [1.807, 2.05) is 26.0 Å². The Labute approximate surface area is 103 Å². The van der Waals surface area contributed by atoms with Crippen molar-refractivity contribution in [3.05, 3.63) is 35.7 Å². The lowest BCUT2D eigenvalue weighted by Gasteiger charge is -2.04. The molecule has 2 rings (SSSR count). The molecular formula is C14H20N2O. The first-order valence-corrected chi connectivity index (χ1v) is 6.07. The van der Waals surface area contributed by atoms with Crippen LogP contribution in [0.5, 0.6) is 0 Å². The van der Waals surface area contributed by atoms with Crippen LogP contribution in [0.3, 0.4) is 0 Å². The summed E-state index contributed by atoms with van der Waals surface area (Å²) >= 11 is 0. The van der Waals surface area contributed by atoms with Crippen LogP contribution in [0.15, 0.2) is 28.7 Å². The second-order valence-corrected chi connectivity index (χ2v) is 3.90. The van der Waals surface area contributed by atoms with Crippen LogP contribution in [0.4, 0.5) is 0 Å². The summed E-state index contributed by atoms with van der Waals surface area (Å²) in [5.41, 5.74) is 2.29. The number of aromatic nitrogens is 2. The Hall–Kier alpha value is -1.64. The molecule has 0 aliphatic heterocycles. The lowest BCUT2D eigenvalue weighted by Crippen LogP contribution is -1.86. The fraction of sp³-hybridized carbons (Fsp3) is 0.429. The monoisotopic (exact) mass is 232 g/mol. The van der Waals surface area contributed by atoms with Crippen molar-refractivity contribution in [3.63, 3.8) is 0 Å². The summed E-state index contributed by atoms with van der Waals surface area (Å²) in [5, 5.41) is 7.78. The number of aryl methyl sites for hydroxylation is 1. The van der Waals surface area contributed by atoms with E-state index in [-0.39, 0.29) is 0 Å². The molecule has 1 aromatic carbocycles. The number of benzene rings is 1. The molecule has 3 nitrogen and oxygen atoms in total. The zero-order valence-electron chi connectivity index (χ0n) is 11.2. The standard InChI is InChI=1S/C12H14N2O.C2H6/c1-8(2)10-4-6-11(7-5-10)12-14-13-9(3)15-12;1-2/h4-8H,1-3H3;1-2H3. The van der Waals surface area contributed by atoms with E-state index in [0.29, 0.717) is 17.7 Å². The molecule has 0 aliphatic rings.